The molecular weight excluding hydrogens is 406 g/mol. The lowest BCUT2D eigenvalue weighted by Gasteiger charge is -2.14. The van der Waals surface area contributed by atoms with Gasteiger partial charge in [0.05, 0.1) is 0 Å². The predicted molar refractivity (Wildman–Crippen MR) is 130 cm³/mol. The molecule has 0 radical (unpaired) electrons. The number of carboxylic acids is 1. The molecule has 0 aliphatic heterocycles. The number of urea groups is 1. The summed E-state index contributed by atoms with van der Waals surface area (Å²) in [6, 6.07) is -1.56. The summed E-state index contributed by atoms with van der Waals surface area (Å²) >= 11 is 0. The number of carbonyl (C=O) groups is 3. The van der Waals surface area contributed by atoms with Crippen molar-refractivity contribution < 1.29 is 19.5 Å². The molecule has 0 aliphatic rings. The van der Waals surface area contributed by atoms with Gasteiger partial charge >= 0.3 is 12.0 Å². The number of amides is 3. The molecule has 1 atom stereocenters. The molecule has 0 saturated carbocycles. The van der Waals surface area contributed by atoms with Crippen molar-refractivity contribution in [1.82, 2.24) is 10.6 Å². The fraction of sp³-hybridized carbons (Fsp3) is 0.800. The fourth-order valence-corrected chi connectivity index (χ4v) is 3.57. The van der Waals surface area contributed by atoms with Crippen LogP contribution in [0.4, 0.5) is 4.79 Å². The van der Waals surface area contributed by atoms with Gasteiger partial charge in [-0.3, -0.25) is 4.79 Å². The number of primary amides is 1. The van der Waals surface area contributed by atoms with E-state index in [0.717, 1.165) is 32.1 Å². The zero-order valence-corrected chi connectivity index (χ0v) is 20.2. The Morgan fingerprint density at radius 1 is 0.812 bits per heavy atom. The SMILES string of the molecule is CCCCCCCCC/C=C\CCCCCCCC(=O)N[C@@H](CCCNC(N)=O)C(=O)O. The monoisotopic (exact) mass is 453 g/mol. The minimum Gasteiger partial charge on any atom is -0.480 e. The van der Waals surface area contributed by atoms with Gasteiger partial charge in [-0.1, -0.05) is 76.9 Å². The Labute approximate surface area is 195 Å². The Bertz CT molecular complexity index is 523. The van der Waals surface area contributed by atoms with E-state index in [1.807, 2.05) is 0 Å². The number of aliphatic carboxylic acids is 1. The highest BCUT2D eigenvalue weighted by Gasteiger charge is 2.19. The molecule has 0 fully saturated rings. The summed E-state index contributed by atoms with van der Waals surface area (Å²) in [5, 5.41) is 14.2. The van der Waals surface area contributed by atoms with Crippen molar-refractivity contribution in [3.05, 3.63) is 12.2 Å². The van der Waals surface area contributed by atoms with Crippen molar-refractivity contribution in [2.24, 2.45) is 5.73 Å². The van der Waals surface area contributed by atoms with Gasteiger partial charge in [-0.15, -0.1) is 0 Å². The molecule has 0 aromatic rings. The Morgan fingerprint density at radius 3 is 1.88 bits per heavy atom. The quantitative estimate of drug-likeness (QED) is 0.129. The average Bonchev–Trinajstić information content (AvgIpc) is 2.75. The van der Waals surface area contributed by atoms with E-state index in [9.17, 15) is 19.5 Å². The predicted octanol–water partition coefficient (Wildman–Crippen LogP) is 5.43. The number of carbonyl (C=O) groups excluding carboxylic acids is 2. The van der Waals surface area contributed by atoms with Gasteiger partial charge in [0.15, 0.2) is 0 Å². The highest BCUT2D eigenvalue weighted by Crippen LogP contribution is 2.10. The molecule has 0 aliphatic carbocycles. The number of allylic oxidation sites excluding steroid dienone is 2. The third-order valence-electron chi connectivity index (χ3n) is 5.52. The second kappa shape index (κ2) is 22.2. The summed E-state index contributed by atoms with van der Waals surface area (Å²) in [5.74, 6) is -1.29. The number of unbranched alkanes of at least 4 members (excludes halogenated alkanes) is 12. The molecule has 0 rings (SSSR count). The van der Waals surface area contributed by atoms with Gasteiger partial charge in [-0.05, 0) is 44.9 Å². The Kier molecular flexibility index (Phi) is 20.7. The number of nitrogens with two attached hydrogens (primary N) is 1. The first-order valence-corrected chi connectivity index (χ1v) is 12.7. The smallest absolute Gasteiger partial charge is 0.326 e. The van der Waals surface area contributed by atoms with Crippen LogP contribution < -0.4 is 16.4 Å². The Hall–Kier alpha value is -2.05. The molecule has 0 bridgehead atoms. The number of nitrogens with one attached hydrogen (secondary N) is 2. The summed E-state index contributed by atoms with van der Waals surface area (Å²) in [6.45, 7) is 2.55. The first kappa shape index (κ1) is 29.9. The highest BCUT2D eigenvalue weighted by atomic mass is 16.4. The fourth-order valence-electron chi connectivity index (χ4n) is 3.57. The zero-order valence-electron chi connectivity index (χ0n) is 20.2. The van der Waals surface area contributed by atoms with Crippen LogP contribution in [-0.4, -0.2) is 35.6 Å². The first-order valence-electron chi connectivity index (χ1n) is 12.7. The van der Waals surface area contributed by atoms with Gasteiger partial charge in [-0.2, -0.15) is 0 Å². The van der Waals surface area contributed by atoms with Crippen LogP contribution in [0.1, 0.15) is 116 Å². The Balaban J connectivity index is 3.57. The first-order chi connectivity index (χ1) is 15.5. The number of hydrogen-bond donors (Lipinski definition) is 4. The van der Waals surface area contributed by atoms with Crippen LogP contribution in [0.5, 0.6) is 0 Å². The minimum atomic E-state index is -1.06. The van der Waals surface area contributed by atoms with Gasteiger partial charge in [0, 0.05) is 13.0 Å². The molecule has 5 N–H and O–H groups in total. The number of carboxylic acid groups (broad SMARTS) is 1. The van der Waals surface area contributed by atoms with E-state index in [2.05, 4.69) is 29.7 Å². The van der Waals surface area contributed by atoms with Crippen molar-refractivity contribution in [2.45, 2.75) is 122 Å². The lowest BCUT2D eigenvalue weighted by atomic mass is 10.1. The van der Waals surface area contributed by atoms with E-state index in [0.29, 0.717) is 19.4 Å². The van der Waals surface area contributed by atoms with Gasteiger partial charge in [0.1, 0.15) is 6.04 Å². The van der Waals surface area contributed by atoms with Crippen LogP contribution in [0.3, 0.4) is 0 Å². The maximum atomic E-state index is 12.0. The highest BCUT2D eigenvalue weighted by molar-refractivity contribution is 5.83. The van der Waals surface area contributed by atoms with E-state index in [-0.39, 0.29) is 12.3 Å². The van der Waals surface area contributed by atoms with Crippen LogP contribution in [-0.2, 0) is 9.59 Å². The second-order valence-corrected chi connectivity index (χ2v) is 8.58. The largest absolute Gasteiger partial charge is 0.480 e. The van der Waals surface area contributed by atoms with Gasteiger partial charge in [-0.25, -0.2) is 9.59 Å². The number of rotatable bonds is 22. The topological polar surface area (TPSA) is 122 Å². The maximum Gasteiger partial charge on any atom is 0.326 e. The van der Waals surface area contributed by atoms with E-state index < -0.39 is 18.0 Å². The van der Waals surface area contributed by atoms with Crippen molar-refractivity contribution >= 4 is 17.9 Å². The Morgan fingerprint density at radius 2 is 1.34 bits per heavy atom. The van der Waals surface area contributed by atoms with Crippen LogP contribution in [0, 0.1) is 0 Å². The van der Waals surface area contributed by atoms with Crippen molar-refractivity contribution in [1.29, 1.82) is 0 Å². The zero-order chi connectivity index (χ0) is 23.9. The van der Waals surface area contributed by atoms with E-state index in [1.165, 1.54) is 57.8 Å². The summed E-state index contributed by atoms with van der Waals surface area (Å²) in [4.78, 5) is 33.8. The standard InChI is InChI=1S/C25H47N3O4/c1-2-3-4-5-6-7-8-9-10-11-12-13-14-15-16-17-20-23(29)28-22(24(30)31)19-18-21-27-25(26)32/h10-11,22H,2-9,12-21H2,1H3,(H,28,29)(H,30,31)(H3,26,27,32)/b11-10-/t22-/m0/s1. The normalized spacial score (nSPS) is 12.0. The second-order valence-electron chi connectivity index (χ2n) is 8.58. The molecule has 0 unspecified atom stereocenters. The molecule has 7 nitrogen and oxygen atoms in total. The van der Waals surface area contributed by atoms with Crippen LogP contribution in [0.15, 0.2) is 12.2 Å². The maximum absolute atomic E-state index is 12.0. The molecule has 7 heteroatoms. The van der Waals surface area contributed by atoms with Gasteiger partial charge in [0.2, 0.25) is 5.91 Å². The summed E-state index contributed by atoms with van der Waals surface area (Å²) in [6.07, 6.45) is 22.7. The molecule has 186 valence electrons. The average molecular weight is 454 g/mol. The third-order valence-corrected chi connectivity index (χ3v) is 5.52. The van der Waals surface area contributed by atoms with Gasteiger partial charge in [0.25, 0.3) is 0 Å². The van der Waals surface area contributed by atoms with Crippen molar-refractivity contribution in [3.8, 4) is 0 Å². The minimum absolute atomic E-state index is 0.228. The lowest BCUT2D eigenvalue weighted by molar-refractivity contribution is -0.142. The third kappa shape index (κ3) is 21.2. The van der Waals surface area contributed by atoms with Crippen molar-refractivity contribution in [2.75, 3.05) is 6.54 Å². The molecule has 0 saturated heterocycles. The lowest BCUT2D eigenvalue weighted by Crippen LogP contribution is -2.41. The molecular formula is C25H47N3O4. The van der Waals surface area contributed by atoms with E-state index in [1.54, 1.807) is 0 Å². The molecule has 0 heterocycles. The number of hydrogen-bond acceptors (Lipinski definition) is 3. The molecule has 0 aromatic carbocycles. The summed E-state index contributed by atoms with van der Waals surface area (Å²) < 4.78 is 0. The van der Waals surface area contributed by atoms with Crippen LogP contribution in [0.25, 0.3) is 0 Å². The summed E-state index contributed by atoms with van der Waals surface area (Å²) in [7, 11) is 0. The van der Waals surface area contributed by atoms with Gasteiger partial charge < -0.3 is 21.5 Å². The molecule has 3 amide bonds. The van der Waals surface area contributed by atoms with Crippen LogP contribution >= 0.6 is 0 Å². The van der Waals surface area contributed by atoms with E-state index in [4.69, 9.17) is 5.73 Å². The van der Waals surface area contributed by atoms with Crippen LogP contribution in [0.2, 0.25) is 0 Å². The van der Waals surface area contributed by atoms with Crippen molar-refractivity contribution in [3.63, 3.8) is 0 Å². The van der Waals surface area contributed by atoms with E-state index >= 15 is 0 Å². The molecule has 0 aromatic heterocycles. The summed E-state index contributed by atoms with van der Waals surface area (Å²) in [5.41, 5.74) is 4.96. The molecule has 0 spiro atoms. The molecule has 32 heavy (non-hydrogen) atoms.